The first-order valence-corrected chi connectivity index (χ1v) is 12.3. The molecule has 2 N–H and O–H groups in total. The Morgan fingerprint density at radius 2 is 1.89 bits per heavy atom. The van der Waals surface area contributed by atoms with Crippen molar-refractivity contribution < 1.29 is 29.0 Å². The zero-order valence-electron chi connectivity index (χ0n) is 21.2. The maximum atomic E-state index is 12.6. The minimum atomic E-state index is -0.922. The number of likely N-dealkylation sites (tertiary alicyclic amines) is 1. The Morgan fingerprint density at radius 1 is 1.26 bits per heavy atom. The number of hydrogen-bond acceptors (Lipinski definition) is 5. The Hall–Kier alpha value is -3.03. The highest BCUT2D eigenvalue weighted by Gasteiger charge is 2.52. The van der Waals surface area contributed by atoms with Crippen molar-refractivity contribution in [3.05, 3.63) is 48.0 Å². The van der Waals surface area contributed by atoms with Gasteiger partial charge in [-0.1, -0.05) is 49.4 Å². The summed E-state index contributed by atoms with van der Waals surface area (Å²) in [5, 5.41) is 13.0. The van der Waals surface area contributed by atoms with E-state index in [4.69, 9.17) is 9.47 Å². The second kappa shape index (κ2) is 10.7. The molecule has 1 aromatic rings. The van der Waals surface area contributed by atoms with Crippen molar-refractivity contribution in [2.45, 2.75) is 64.5 Å². The molecule has 0 aliphatic carbocycles. The molecule has 2 aliphatic heterocycles. The van der Waals surface area contributed by atoms with Gasteiger partial charge in [0.05, 0.1) is 11.5 Å². The number of piperidine rings is 1. The predicted molar refractivity (Wildman–Crippen MR) is 132 cm³/mol. The Bertz CT molecular complexity index is 933. The fourth-order valence-corrected chi connectivity index (χ4v) is 5.47. The Kier molecular flexibility index (Phi) is 8.13. The molecule has 3 atom stereocenters. The average Bonchev–Trinajstić information content (AvgIpc) is 3.14. The van der Waals surface area contributed by atoms with Crippen LogP contribution in [-0.4, -0.2) is 59.0 Å². The lowest BCUT2D eigenvalue weighted by Gasteiger charge is -2.45. The number of carboxylic acids is 1. The zero-order chi connectivity index (χ0) is 25.8. The van der Waals surface area contributed by atoms with Crippen LogP contribution in [0.2, 0.25) is 0 Å². The van der Waals surface area contributed by atoms with Crippen molar-refractivity contribution in [3.8, 4) is 0 Å². The molecule has 2 aliphatic rings. The van der Waals surface area contributed by atoms with Gasteiger partial charge < -0.3 is 24.8 Å². The lowest BCUT2D eigenvalue weighted by molar-refractivity contribution is -0.140. The quantitative estimate of drug-likeness (QED) is 0.519. The van der Waals surface area contributed by atoms with E-state index in [9.17, 15) is 19.5 Å². The SMILES string of the molecule is C=C(C(CC)C(=O)O)C(C1CCN(C(=O)OC(C)(C)C)CC1)[C@@]1(Cc2ccccc2)COC(=O)N1. The predicted octanol–water partition coefficient (Wildman–Crippen LogP) is 4.64. The van der Waals surface area contributed by atoms with E-state index in [0.29, 0.717) is 44.3 Å². The van der Waals surface area contributed by atoms with Gasteiger partial charge in [-0.3, -0.25) is 4.79 Å². The average molecular weight is 487 g/mol. The summed E-state index contributed by atoms with van der Waals surface area (Å²) in [4.78, 5) is 38.8. The number of carbonyl (C=O) groups is 3. The van der Waals surface area contributed by atoms with Gasteiger partial charge in [-0.2, -0.15) is 0 Å². The first-order valence-electron chi connectivity index (χ1n) is 12.3. The molecule has 0 radical (unpaired) electrons. The summed E-state index contributed by atoms with van der Waals surface area (Å²) in [6, 6.07) is 9.80. The molecule has 1 aromatic carbocycles. The summed E-state index contributed by atoms with van der Waals surface area (Å²) in [5.74, 6) is -1.99. The second-order valence-electron chi connectivity index (χ2n) is 10.7. The molecule has 2 amide bonds. The third-order valence-electron chi connectivity index (χ3n) is 6.99. The van der Waals surface area contributed by atoms with Crippen molar-refractivity contribution in [1.82, 2.24) is 10.2 Å². The standard InChI is InChI=1S/C27H38N2O6/c1-6-21(23(30)31)18(2)22(20-12-14-29(15-13-20)25(33)35-26(3,4)5)27(17-34-24(32)28-27)16-19-10-8-7-9-11-19/h7-11,20-22H,2,6,12-17H2,1,3-5H3,(H,28,32)(H,30,31)/t21?,22?,27-/m1/s1. The van der Waals surface area contributed by atoms with Crippen molar-refractivity contribution in [2.75, 3.05) is 19.7 Å². The number of hydrogen-bond donors (Lipinski definition) is 2. The fourth-order valence-electron chi connectivity index (χ4n) is 5.47. The van der Waals surface area contributed by atoms with Crippen LogP contribution in [0, 0.1) is 17.8 Å². The number of ether oxygens (including phenoxy) is 2. The molecule has 0 bridgehead atoms. The Balaban J connectivity index is 1.92. The van der Waals surface area contributed by atoms with E-state index in [1.54, 1.807) is 4.90 Å². The van der Waals surface area contributed by atoms with Crippen LogP contribution in [0.15, 0.2) is 42.5 Å². The van der Waals surface area contributed by atoms with Gasteiger partial charge in [0, 0.05) is 19.0 Å². The van der Waals surface area contributed by atoms with Crippen LogP contribution < -0.4 is 5.32 Å². The summed E-state index contributed by atoms with van der Waals surface area (Å²) >= 11 is 0. The molecule has 192 valence electrons. The molecule has 0 saturated carbocycles. The number of benzene rings is 1. The van der Waals surface area contributed by atoms with Crippen molar-refractivity contribution in [1.29, 1.82) is 0 Å². The van der Waals surface area contributed by atoms with Crippen LogP contribution in [-0.2, 0) is 20.7 Å². The molecular formula is C27H38N2O6. The molecule has 0 spiro atoms. The van der Waals surface area contributed by atoms with Crippen molar-refractivity contribution >= 4 is 18.2 Å². The zero-order valence-corrected chi connectivity index (χ0v) is 21.2. The number of amides is 2. The fraction of sp³-hybridized carbons (Fsp3) is 0.593. The van der Waals surface area contributed by atoms with Crippen LogP contribution in [0.5, 0.6) is 0 Å². The van der Waals surface area contributed by atoms with Crippen molar-refractivity contribution in [3.63, 3.8) is 0 Å². The number of cyclic esters (lactones) is 1. The minimum Gasteiger partial charge on any atom is -0.481 e. The number of nitrogens with one attached hydrogen (secondary N) is 1. The summed E-state index contributed by atoms with van der Waals surface area (Å²) in [7, 11) is 0. The number of rotatable bonds is 8. The molecule has 8 heteroatoms. The molecular weight excluding hydrogens is 448 g/mol. The highest BCUT2D eigenvalue weighted by atomic mass is 16.6. The van der Waals surface area contributed by atoms with E-state index < -0.39 is 29.1 Å². The first-order chi connectivity index (χ1) is 16.5. The van der Waals surface area contributed by atoms with Gasteiger partial charge in [-0.15, -0.1) is 0 Å². The molecule has 2 saturated heterocycles. The van der Waals surface area contributed by atoms with E-state index in [0.717, 1.165) is 5.56 Å². The van der Waals surface area contributed by atoms with Crippen LogP contribution in [0.25, 0.3) is 0 Å². The highest BCUT2D eigenvalue weighted by Crippen LogP contribution is 2.44. The first kappa shape index (κ1) is 26.6. The summed E-state index contributed by atoms with van der Waals surface area (Å²) in [5.41, 5.74) is 0.214. The summed E-state index contributed by atoms with van der Waals surface area (Å²) < 4.78 is 11.0. The number of carbonyl (C=O) groups excluding carboxylic acids is 2. The van der Waals surface area contributed by atoms with Crippen LogP contribution in [0.1, 0.15) is 52.5 Å². The highest BCUT2D eigenvalue weighted by molar-refractivity contribution is 5.74. The lowest BCUT2D eigenvalue weighted by atomic mass is 9.64. The number of aliphatic carboxylic acids is 1. The number of nitrogens with zero attached hydrogens (tertiary/aromatic N) is 1. The molecule has 2 heterocycles. The molecule has 8 nitrogen and oxygen atoms in total. The minimum absolute atomic E-state index is 0.0142. The maximum Gasteiger partial charge on any atom is 0.410 e. The molecule has 2 fully saturated rings. The van der Waals surface area contributed by atoms with Gasteiger partial charge in [0.25, 0.3) is 0 Å². The van der Waals surface area contributed by atoms with Crippen LogP contribution in [0.4, 0.5) is 9.59 Å². The third kappa shape index (κ3) is 6.35. The maximum absolute atomic E-state index is 12.6. The van der Waals surface area contributed by atoms with Crippen LogP contribution in [0.3, 0.4) is 0 Å². The monoisotopic (exact) mass is 486 g/mol. The van der Waals surface area contributed by atoms with Gasteiger partial charge in [-0.05, 0) is 57.9 Å². The summed E-state index contributed by atoms with van der Waals surface area (Å²) in [6.45, 7) is 12.7. The van der Waals surface area contributed by atoms with E-state index in [1.165, 1.54) is 0 Å². The molecule has 3 rings (SSSR count). The lowest BCUT2D eigenvalue weighted by Crippen LogP contribution is -2.57. The van der Waals surface area contributed by atoms with Gasteiger partial charge in [0.2, 0.25) is 0 Å². The number of alkyl carbamates (subject to hydrolysis) is 1. The van der Waals surface area contributed by atoms with E-state index >= 15 is 0 Å². The van der Waals surface area contributed by atoms with Gasteiger partial charge in [0.1, 0.15) is 12.2 Å². The summed E-state index contributed by atoms with van der Waals surface area (Å²) in [6.07, 6.45) is 1.33. The second-order valence-corrected chi connectivity index (χ2v) is 10.7. The largest absolute Gasteiger partial charge is 0.481 e. The van der Waals surface area contributed by atoms with Crippen LogP contribution >= 0.6 is 0 Å². The van der Waals surface area contributed by atoms with E-state index in [2.05, 4.69) is 11.9 Å². The van der Waals surface area contributed by atoms with Gasteiger partial charge in [-0.25, -0.2) is 9.59 Å². The van der Waals surface area contributed by atoms with E-state index in [-0.39, 0.29) is 24.5 Å². The third-order valence-corrected chi connectivity index (χ3v) is 6.99. The molecule has 2 unspecified atom stereocenters. The topological polar surface area (TPSA) is 105 Å². The number of carboxylic acid groups (broad SMARTS) is 1. The normalized spacial score (nSPS) is 22.6. The van der Waals surface area contributed by atoms with Gasteiger partial charge in [0.15, 0.2) is 0 Å². The van der Waals surface area contributed by atoms with E-state index in [1.807, 2.05) is 58.0 Å². The van der Waals surface area contributed by atoms with Gasteiger partial charge >= 0.3 is 18.2 Å². The Labute approximate surface area is 207 Å². The smallest absolute Gasteiger partial charge is 0.410 e. The van der Waals surface area contributed by atoms with Crippen molar-refractivity contribution in [2.24, 2.45) is 17.8 Å². The Morgan fingerprint density at radius 3 is 2.37 bits per heavy atom. The molecule has 35 heavy (non-hydrogen) atoms. The molecule has 0 aromatic heterocycles.